The second-order valence-electron chi connectivity index (χ2n) is 15.9. The van der Waals surface area contributed by atoms with E-state index in [2.05, 4.69) is 10.5 Å². The summed E-state index contributed by atoms with van der Waals surface area (Å²) in [7, 11) is 1.30. The quantitative estimate of drug-likeness (QED) is 0.0610. The number of aromatic hydroxyl groups is 2. The number of phenols is 2. The van der Waals surface area contributed by atoms with Crippen LogP contribution in [0.3, 0.4) is 0 Å². The van der Waals surface area contributed by atoms with Gasteiger partial charge in [-0.2, -0.15) is 5.10 Å². The molecule has 2 saturated heterocycles. The van der Waals surface area contributed by atoms with Crippen LogP contribution >= 0.6 is 11.6 Å². The number of carbonyl (C=O) groups excluding carboxylic acids is 5. The van der Waals surface area contributed by atoms with Gasteiger partial charge in [-0.1, -0.05) is 23.7 Å². The van der Waals surface area contributed by atoms with E-state index in [-0.39, 0.29) is 40.5 Å². The predicted molar refractivity (Wildman–Crippen MR) is 217 cm³/mol. The smallest absolute Gasteiger partial charge is 0.272 e. The fourth-order valence-corrected chi connectivity index (χ4v) is 9.30. The Morgan fingerprint density at radius 1 is 1.05 bits per heavy atom. The van der Waals surface area contributed by atoms with Crippen LogP contribution in [0.2, 0.25) is 5.02 Å². The molecule has 1 unspecified atom stereocenters. The molecule has 3 amide bonds. The van der Waals surface area contributed by atoms with Crippen LogP contribution in [-0.4, -0.2) is 135 Å². The Balaban J connectivity index is 1.17. The van der Waals surface area contributed by atoms with Crippen LogP contribution in [0.15, 0.2) is 47.6 Å². The maximum atomic E-state index is 15.4. The van der Waals surface area contributed by atoms with Gasteiger partial charge in [-0.15, -0.1) is 0 Å². The number of hydrogen-bond acceptors (Lipinski definition) is 16. The zero-order valence-electron chi connectivity index (χ0n) is 34.0. The van der Waals surface area contributed by atoms with Crippen molar-refractivity contribution in [2.75, 3.05) is 38.3 Å². The van der Waals surface area contributed by atoms with E-state index in [9.17, 15) is 49.5 Å². The van der Waals surface area contributed by atoms with E-state index < -0.39 is 135 Å². The van der Waals surface area contributed by atoms with E-state index >= 15 is 4.39 Å². The van der Waals surface area contributed by atoms with Crippen molar-refractivity contribution in [3.63, 3.8) is 0 Å². The fraction of sp³-hybridized carbons (Fsp3) is 0.395. The number of hydrogen-bond donors (Lipinski definition) is 6. The lowest BCUT2D eigenvalue weighted by Crippen LogP contribution is -2.59. The molecule has 2 fully saturated rings. The molecule has 8 rings (SSSR count). The summed E-state index contributed by atoms with van der Waals surface area (Å²) in [6.45, 7) is 3.92. The first kappa shape index (κ1) is 44.0. The van der Waals surface area contributed by atoms with Crippen LogP contribution in [0, 0.1) is 5.82 Å². The standard InChI is InChI=1S/C43H42ClFN4O14/c1-18-16-48(11-12-61-18)24-13-30(62-19(2)37(24)53)63-26-15-43(59,27(17-50)46-47-42(58)21-7-8-23(36(45)35(21)44)49-28(51)9-10-29(49)52)14-22-32(26)41(57)34-33(39(22)55)38(54)20-5-4-6-25(60-3)31(20)40(34)56/h4-10,18-19,24,26,30,37,50,53,55,57,59H,11-17H2,1-3H3,(H,47,58)/b46-27+/t18-,19-,24?,26-,30-,37+,43-/m0/s1. The summed E-state index contributed by atoms with van der Waals surface area (Å²) in [5.41, 5.74) is -3.55. The van der Waals surface area contributed by atoms with E-state index in [1.54, 1.807) is 6.92 Å². The van der Waals surface area contributed by atoms with Crippen LogP contribution in [0.25, 0.3) is 0 Å². The van der Waals surface area contributed by atoms with Crippen LogP contribution in [0.4, 0.5) is 10.1 Å². The Kier molecular flexibility index (Phi) is 11.7. The van der Waals surface area contributed by atoms with Gasteiger partial charge in [-0.3, -0.25) is 28.9 Å². The van der Waals surface area contributed by atoms with Crippen molar-refractivity contribution in [2.24, 2.45) is 5.10 Å². The van der Waals surface area contributed by atoms with Crippen molar-refractivity contribution < 1.29 is 72.8 Å². The number of hydrazone groups is 1. The molecule has 63 heavy (non-hydrogen) atoms. The summed E-state index contributed by atoms with van der Waals surface area (Å²) in [6, 6.07) is 5.80. The highest BCUT2D eigenvalue weighted by atomic mass is 35.5. The molecule has 332 valence electrons. The zero-order valence-corrected chi connectivity index (χ0v) is 34.7. The third-order valence-electron chi connectivity index (χ3n) is 12.1. The second kappa shape index (κ2) is 16.8. The Morgan fingerprint density at radius 3 is 2.44 bits per heavy atom. The number of methoxy groups -OCH3 is 1. The number of morpholine rings is 1. The largest absolute Gasteiger partial charge is 0.507 e. The van der Waals surface area contributed by atoms with Gasteiger partial charge < -0.3 is 44.5 Å². The van der Waals surface area contributed by atoms with Gasteiger partial charge in [0.2, 0.25) is 5.78 Å². The van der Waals surface area contributed by atoms with E-state index in [0.717, 1.165) is 24.3 Å². The van der Waals surface area contributed by atoms with Crippen molar-refractivity contribution in [3.05, 3.63) is 92.3 Å². The van der Waals surface area contributed by atoms with E-state index in [4.69, 9.17) is 30.5 Å². The first-order chi connectivity index (χ1) is 30.0. The van der Waals surface area contributed by atoms with Gasteiger partial charge in [0, 0.05) is 67.2 Å². The molecule has 18 nitrogen and oxygen atoms in total. The molecule has 2 aliphatic carbocycles. The van der Waals surface area contributed by atoms with Crippen LogP contribution < -0.4 is 15.1 Å². The lowest BCUT2D eigenvalue weighted by Gasteiger charge is -2.47. The van der Waals surface area contributed by atoms with E-state index in [1.807, 2.05) is 11.8 Å². The third kappa shape index (κ3) is 7.47. The van der Waals surface area contributed by atoms with Crippen molar-refractivity contribution in [2.45, 2.75) is 75.5 Å². The van der Waals surface area contributed by atoms with Gasteiger partial charge in [0.25, 0.3) is 17.7 Å². The molecule has 5 aliphatic rings. The molecule has 3 heterocycles. The molecule has 0 radical (unpaired) electrons. The molecule has 7 atom stereocenters. The van der Waals surface area contributed by atoms with Crippen molar-refractivity contribution in [3.8, 4) is 17.2 Å². The fourth-order valence-electron chi connectivity index (χ4n) is 9.05. The Hall–Kier alpha value is -5.64. The number of rotatable bonds is 9. The molecular formula is C43H42ClFN4O14. The first-order valence-corrected chi connectivity index (χ1v) is 20.3. The Labute approximate surface area is 363 Å². The molecule has 0 aromatic heterocycles. The van der Waals surface area contributed by atoms with Gasteiger partial charge in [0.1, 0.15) is 22.8 Å². The monoisotopic (exact) mass is 892 g/mol. The highest BCUT2D eigenvalue weighted by Crippen LogP contribution is 2.53. The second-order valence-corrected chi connectivity index (χ2v) is 16.3. The maximum Gasteiger partial charge on any atom is 0.272 e. The Morgan fingerprint density at radius 2 is 1.76 bits per heavy atom. The number of benzene rings is 3. The highest BCUT2D eigenvalue weighted by Gasteiger charge is 2.50. The molecule has 3 aliphatic heterocycles. The topological polar surface area (TPSA) is 254 Å². The number of amides is 3. The molecule has 0 spiro atoms. The number of nitrogens with zero attached hydrogens (tertiary/aromatic N) is 3. The van der Waals surface area contributed by atoms with E-state index in [1.165, 1.54) is 25.3 Å². The number of ether oxygens (including phenoxy) is 4. The first-order valence-electron chi connectivity index (χ1n) is 20.0. The number of aliphatic hydroxyl groups is 3. The summed E-state index contributed by atoms with van der Waals surface area (Å²) >= 11 is 6.19. The third-order valence-corrected chi connectivity index (χ3v) is 12.5. The molecule has 20 heteroatoms. The summed E-state index contributed by atoms with van der Waals surface area (Å²) in [5.74, 6) is -7.21. The van der Waals surface area contributed by atoms with Gasteiger partial charge in [-0.25, -0.2) is 14.7 Å². The minimum Gasteiger partial charge on any atom is -0.507 e. The molecule has 3 aromatic rings. The molecular weight excluding hydrogens is 851 g/mol. The maximum absolute atomic E-state index is 15.4. The average molecular weight is 893 g/mol. The number of carbonyl (C=O) groups is 5. The van der Waals surface area contributed by atoms with Gasteiger partial charge >= 0.3 is 0 Å². The predicted octanol–water partition coefficient (Wildman–Crippen LogP) is 2.20. The van der Waals surface area contributed by atoms with Gasteiger partial charge in [-0.05, 0) is 32.0 Å². The average Bonchev–Trinajstić information content (AvgIpc) is 3.59. The van der Waals surface area contributed by atoms with E-state index in [0.29, 0.717) is 24.6 Å². The van der Waals surface area contributed by atoms with Gasteiger partial charge in [0.15, 0.2) is 17.9 Å². The molecule has 3 aromatic carbocycles. The molecule has 0 saturated carbocycles. The number of nitrogens with one attached hydrogen (secondary N) is 1. The Bertz CT molecular complexity index is 2510. The zero-order chi connectivity index (χ0) is 45.2. The van der Waals surface area contributed by atoms with Crippen LogP contribution in [-0.2, 0) is 30.2 Å². The highest BCUT2D eigenvalue weighted by molar-refractivity contribution is 6.35. The van der Waals surface area contributed by atoms with Crippen LogP contribution in [0.5, 0.6) is 17.2 Å². The lowest BCUT2D eigenvalue weighted by atomic mass is 9.71. The number of imide groups is 1. The minimum atomic E-state index is -2.35. The number of phenolic OH excluding ortho intramolecular Hbond substituents is 2. The molecule has 0 bridgehead atoms. The van der Waals surface area contributed by atoms with Crippen molar-refractivity contribution in [1.82, 2.24) is 10.3 Å². The number of fused-ring (bicyclic) bond motifs is 3. The van der Waals surface area contributed by atoms with Crippen molar-refractivity contribution >= 4 is 52.3 Å². The minimum absolute atomic E-state index is 0.0434. The summed E-state index contributed by atoms with van der Waals surface area (Å²) in [4.78, 5) is 68.6. The summed E-state index contributed by atoms with van der Waals surface area (Å²) in [6.07, 6.45) is -3.77. The summed E-state index contributed by atoms with van der Waals surface area (Å²) < 4.78 is 39.1. The van der Waals surface area contributed by atoms with Crippen molar-refractivity contribution in [1.29, 1.82) is 0 Å². The lowest BCUT2D eigenvalue weighted by molar-refractivity contribution is -0.260. The number of halogens is 2. The number of anilines is 1. The normalized spacial score (nSPS) is 27.3. The number of ketones is 2. The summed E-state index contributed by atoms with van der Waals surface area (Å²) in [5, 5.41) is 61.6. The molecule has 6 N–H and O–H groups in total. The van der Waals surface area contributed by atoms with Gasteiger partial charge in [0.05, 0.1) is 83.4 Å². The number of aliphatic hydroxyl groups excluding tert-OH is 2. The van der Waals surface area contributed by atoms with Crippen LogP contribution in [0.1, 0.15) is 86.1 Å². The SMILES string of the molecule is COc1cccc2c1C(=O)c1c(O)c3c(c(O)c1C2=O)C[C@@](O)(/C(CO)=N/NC(=O)c1ccc(N2C(=O)C=CC2=O)c(F)c1Cl)C[C@@H]3O[C@H]1CC(N2CCO[C@@H](C)C2)[C@H](O)[C@H](C)O1.